The van der Waals surface area contributed by atoms with Gasteiger partial charge >= 0.3 is 6.17 Å². The second-order valence-electron chi connectivity index (χ2n) is 9.33. The molecule has 0 fully saturated rings. The van der Waals surface area contributed by atoms with Crippen LogP contribution in [0.1, 0.15) is 11.7 Å². The van der Waals surface area contributed by atoms with Crippen molar-refractivity contribution in [3.63, 3.8) is 0 Å². The van der Waals surface area contributed by atoms with E-state index in [2.05, 4.69) is 132 Å². The minimum absolute atomic E-state index is 0.0977. The first-order chi connectivity index (χ1) is 16.9. The molecule has 1 aromatic heterocycles. The lowest BCUT2D eigenvalue weighted by Crippen LogP contribution is -2.54. The lowest BCUT2D eigenvalue weighted by Gasteiger charge is -2.35. The molecule has 0 spiro atoms. The van der Waals surface area contributed by atoms with Gasteiger partial charge in [0.15, 0.2) is 11.9 Å². The first kappa shape index (κ1) is 18.2. The molecule has 0 aliphatic carbocycles. The van der Waals surface area contributed by atoms with Gasteiger partial charge in [-0.1, -0.05) is 72.8 Å². The zero-order valence-corrected chi connectivity index (χ0v) is 18.6. The molecular formula is C32H22N2+2. The molecule has 1 atom stereocenters. The standard InChI is InChI=1S/C32H22N2/c1-3-12-24(13-4-1)34(25-14-5-2-6-15-25)28-17-9-11-23-18-19-27-30(29(23)28)32(34)33-21-20-22-10-7-8-16-26(22)31(27)33/h1-21,32H/q+2. The number of aromatic nitrogens is 1. The molecular weight excluding hydrogens is 412 g/mol. The fourth-order valence-electron chi connectivity index (χ4n) is 6.56. The molecule has 2 heteroatoms. The molecule has 2 nitrogen and oxygen atoms in total. The Balaban J connectivity index is 1.62. The average Bonchev–Trinajstić information content (AvgIpc) is 3.42. The second-order valence-corrected chi connectivity index (χ2v) is 9.33. The van der Waals surface area contributed by atoms with Crippen molar-refractivity contribution in [3.05, 3.63) is 133 Å². The Kier molecular flexibility index (Phi) is 3.43. The fraction of sp³-hybridized carbons (Fsp3) is 0.0312. The van der Waals surface area contributed by atoms with Gasteiger partial charge in [-0.3, -0.25) is 0 Å². The molecule has 2 aliphatic rings. The summed E-state index contributed by atoms with van der Waals surface area (Å²) in [5, 5.41) is 5.30. The van der Waals surface area contributed by atoms with Gasteiger partial charge in [-0.05, 0) is 22.9 Å². The lowest BCUT2D eigenvalue weighted by molar-refractivity contribution is -0.709. The smallest absolute Gasteiger partial charge is 0.164 e. The molecule has 0 bridgehead atoms. The van der Waals surface area contributed by atoms with Crippen molar-refractivity contribution in [2.24, 2.45) is 0 Å². The van der Waals surface area contributed by atoms with E-state index < -0.39 is 0 Å². The number of para-hydroxylation sites is 2. The Morgan fingerprint density at radius 2 is 1.24 bits per heavy atom. The maximum absolute atomic E-state index is 2.53. The summed E-state index contributed by atoms with van der Waals surface area (Å²) < 4.78 is 3.19. The van der Waals surface area contributed by atoms with Crippen LogP contribution < -0.4 is 9.05 Å². The van der Waals surface area contributed by atoms with Gasteiger partial charge in [0.2, 0.25) is 5.69 Å². The molecule has 3 heterocycles. The van der Waals surface area contributed by atoms with Crippen LogP contribution >= 0.6 is 0 Å². The molecule has 1 unspecified atom stereocenters. The molecule has 0 amide bonds. The summed E-state index contributed by atoms with van der Waals surface area (Å²) in [5.74, 6) is 0. The van der Waals surface area contributed by atoms with Gasteiger partial charge in [-0.15, -0.1) is 4.57 Å². The van der Waals surface area contributed by atoms with Gasteiger partial charge in [-0.25, -0.2) is 0 Å². The Morgan fingerprint density at radius 3 is 2.00 bits per heavy atom. The van der Waals surface area contributed by atoms with Crippen LogP contribution in [0, 0.1) is 0 Å². The summed E-state index contributed by atoms with van der Waals surface area (Å²) >= 11 is 0. The van der Waals surface area contributed by atoms with Crippen LogP contribution in [0.3, 0.4) is 0 Å². The number of fused-ring (bicyclic) bond motifs is 5. The maximum atomic E-state index is 2.53. The molecule has 0 N–H and O–H groups in total. The monoisotopic (exact) mass is 434 g/mol. The number of hydrogen-bond donors (Lipinski definition) is 0. The van der Waals surface area contributed by atoms with Crippen LogP contribution in [0.2, 0.25) is 0 Å². The highest BCUT2D eigenvalue weighted by Crippen LogP contribution is 2.62. The summed E-state index contributed by atoms with van der Waals surface area (Å²) in [6, 6.07) is 44.6. The third-order valence-corrected chi connectivity index (χ3v) is 7.80. The topological polar surface area (TPSA) is 3.88 Å². The zero-order chi connectivity index (χ0) is 22.3. The van der Waals surface area contributed by atoms with E-state index >= 15 is 0 Å². The van der Waals surface area contributed by atoms with Crippen molar-refractivity contribution in [2.45, 2.75) is 6.17 Å². The van der Waals surface area contributed by atoms with Gasteiger partial charge in [0, 0.05) is 36.4 Å². The Hall–Kier alpha value is -4.27. The highest BCUT2D eigenvalue weighted by molar-refractivity contribution is 6.08. The van der Waals surface area contributed by atoms with Gasteiger partial charge in [-0.2, -0.15) is 4.48 Å². The normalized spacial score (nSPS) is 16.8. The van der Waals surface area contributed by atoms with Crippen LogP contribution in [0.15, 0.2) is 128 Å². The number of nitrogens with zero attached hydrogens (tertiary/aromatic N) is 2. The van der Waals surface area contributed by atoms with Crippen molar-refractivity contribution < 1.29 is 4.57 Å². The average molecular weight is 435 g/mol. The second kappa shape index (κ2) is 6.40. The predicted molar refractivity (Wildman–Crippen MR) is 139 cm³/mol. The molecule has 2 aliphatic heterocycles. The van der Waals surface area contributed by atoms with Gasteiger partial charge in [0.25, 0.3) is 0 Å². The van der Waals surface area contributed by atoms with E-state index in [1.807, 2.05) is 0 Å². The van der Waals surface area contributed by atoms with Crippen molar-refractivity contribution in [2.75, 3.05) is 0 Å². The first-order valence-corrected chi connectivity index (χ1v) is 11.9. The third-order valence-electron chi connectivity index (χ3n) is 7.80. The summed E-state index contributed by atoms with van der Waals surface area (Å²) in [5.41, 5.74) is 8.03. The van der Waals surface area contributed by atoms with Crippen LogP contribution in [-0.4, -0.2) is 0 Å². The SMILES string of the molecule is c1ccc([N+]2(c3ccccc3)c3cccc4ccc5c(c34)C2[n+]2ccc3ccccc3c2-5)cc1. The molecule has 0 saturated carbocycles. The Morgan fingerprint density at radius 1 is 0.559 bits per heavy atom. The van der Waals surface area contributed by atoms with E-state index in [9.17, 15) is 0 Å². The first-order valence-electron chi connectivity index (χ1n) is 11.9. The Labute approximate surface area is 198 Å². The number of rotatable bonds is 2. The predicted octanol–water partition coefficient (Wildman–Crippen LogP) is 7.79. The number of quaternary nitrogens is 1. The third kappa shape index (κ3) is 2.03. The largest absolute Gasteiger partial charge is 0.327 e. The lowest BCUT2D eigenvalue weighted by atomic mass is 9.97. The van der Waals surface area contributed by atoms with Crippen molar-refractivity contribution >= 4 is 38.6 Å². The number of hydrogen-bond acceptors (Lipinski definition) is 0. The summed E-state index contributed by atoms with van der Waals surface area (Å²) in [6.45, 7) is 0. The van der Waals surface area contributed by atoms with Crippen molar-refractivity contribution in [1.29, 1.82) is 0 Å². The van der Waals surface area contributed by atoms with E-state index in [1.54, 1.807) is 0 Å². The van der Waals surface area contributed by atoms with Gasteiger partial charge in [0.05, 0.1) is 16.3 Å². The van der Waals surface area contributed by atoms with Crippen LogP contribution in [0.5, 0.6) is 0 Å². The molecule has 158 valence electrons. The van der Waals surface area contributed by atoms with E-state index in [0.717, 1.165) is 0 Å². The van der Waals surface area contributed by atoms with E-state index in [1.165, 1.54) is 55.4 Å². The van der Waals surface area contributed by atoms with Crippen molar-refractivity contribution in [3.8, 4) is 11.3 Å². The molecule has 0 saturated heterocycles. The zero-order valence-electron chi connectivity index (χ0n) is 18.6. The molecule has 6 aromatic rings. The van der Waals surface area contributed by atoms with Crippen LogP contribution in [0.4, 0.5) is 17.1 Å². The van der Waals surface area contributed by atoms with Crippen molar-refractivity contribution in [1.82, 2.24) is 4.48 Å². The fourth-order valence-corrected chi connectivity index (χ4v) is 6.56. The highest BCUT2D eigenvalue weighted by Gasteiger charge is 2.62. The number of pyridine rings is 1. The summed E-state index contributed by atoms with van der Waals surface area (Å²) in [6.07, 6.45) is 2.40. The maximum Gasteiger partial charge on any atom is 0.327 e. The molecule has 5 aromatic carbocycles. The van der Waals surface area contributed by atoms with Crippen LogP contribution in [0.25, 0.3) is 32.8 Å². The van der Waals surface area contributed by atoms with E-state index in [0.29, 0.717) is 4.48 Å². The molecule has 34 heavy (non-hydrogen) atoms. The van der Waals surface area contributed by atoms with Gasteiger partial charge < -0.3 is 0 Å². The highest BCUT2D eigenvalue weighted by atomic mass is 15.5. The van der Waals surface area contributed by atoms with Gasteiger partial charge in [0.1, 0.15) is 16.9 Å². The molecule has 0 radical (unpaired) electrons. The summed E-state index contributed by atoms with van der Waals surface area (Å²) in [4.78, 5) is 0. The van der Waals surface area contributed by atoms with E-state index in [-0.39, 0.29) is 6.17 Å². The summed E-state index contributed by atoms with van der Waals surface area (Å²) in [7, 11) is 0. The minimum atomic E-state index is 0.0977. The van der Waals surface area contributed by atoms with E-state index in [4.69, 9.17) is 0 Å². The Bertz CT molecular complexity index is 1710. The minimum Gasteiger partial charge on any atom is -0.164 e. The quantitative estimate of drug-likeness (QED) is 0.193. The molecule has 8 rings (SSSR count). The number of benzene rings is 5. The van der Waals surface area contributed by atoms with Crippen LogP contribution in [-0.2, 0) is 0 Å².